The highest BCUT2D eigenvalue weighted by atomic mass is 16.5. The van der Waals surface area contributed by atoms with Crippen molar-refractivity contribution in [3.05, 3.63) is 23.8 Å². The number of rotatable bonds is 5. The van der Waals surface area contributed by atoms with Gasteiger partial charge in [-0.1, -0.05) is 26.0 Å². The van der Waals surface area contributed by atoms with E-state index in [4.69, 9.17) is 15.2 Å². The number of hydrogen-bond acceptors (Lipinski definition) is 3. The Balaban J connectivity index is 3.02. The van der Waals surface area contributed by atoms with E-state index in [0.717, 1.165) is 23.5 Å². The van der Waals surface area contributed by atoms with Crippen molar-refractivity contribution in [1.82, 2.24) is 0 Å². The molecule has 1 atom stereocenters. The third kappa shape index (κ3) is 2.89. The monoisotopic (exact) mass is 223 g/mol. The average Bonchev–Trinajstić information content (AvgIpc) is 2.26. The van der Waals surface area contributed by atoms with Crippen molar-refractivity contribution in [3.63, 3.8) is 0 Å². The standard InChI is InChI=1S/C13H21NO2/c1-9(2)8-11(14)10-6-5-7-12(15-3)13(10)16-4/h5-7,9,11H,8,14H2,1-4H3/t11-/m0/s1. The summed E-state index contributed by atoms with van der Waals surface area (Å²) in [4.78, 5) is 0. The van der Waals surface area contributed by atoms with Gasteiger partial charge in [0.2, 0.25) is 0 Å². The topological polar surface area (TPSA) is 44.5 Å². The summed E-state index contributed by atoms with van der Waals surface area (Å²) in [6.07, 6.45) is 0.934. The summed E-state index contributed by atoms with van der Waals surface area (Å²) in [6.45, 7) is 4.32. The van der Waals surface area contributed by atoms with E-state index in [1.807, 2.05) is 18.2 Å². The van der Waals surface area contributed by atoms with Gasteiger partial charge in [-0.25, -0.2) is 0 Å². The lowest BCUT2D eigenvalue weighted by Crippen LogP contribution is -2.14. The van der Waals surface area contributed by atoms with Gasteiger partial charge < -0.3 is 15.2 Å². The SMILES string of the molecule is COc1cccc([C@@H](N)CC(C)C)c1OC. The molecule has 3 nitrogen and oxygen atoms in total. The molecule has 0 fully saturated rings. The third-order valence-electron chi connectivity index (χ3n) is 2.56. The number of methoxy groups -OCH3 is 2. The fourth-order valence-electron chi connectivity index (χ4n) is 1.84. The van der Waals surface area contributed by atoms with Crippen LogP contribution in [-0.4, -0.2) is 14.2 Å². The molecule has 0 heterocycles. The normalized spacial score (nSPS) is 12.6. The first-order valence-corrected chi connectivity index (χ1v) is 5.56. The van der Waals surface area contributed by atoms with Gasteiger partial charge in [0, 0.05) is 11.6 Å². The molecule has 0 aliphatic rings. The molecule has 0 aliphatic heterocycles. The Hall–Kier alpha value is -1.22. The number of ether oxygens (including phenoxy) is 2. The Morgan fingerprint density at radius 1 is 1.19 bits per heavy atom. The third-order valence-corrected chi connectivity index (χ3v) is 2.56. The van der Waals surface area contributed by atoms with Crippen LogP contribution in [0.4, 0.5) is 0 Å². The number of para-hydroxylation sites is 1. The quantitative estimate of drug-likeness (QED) is 0.834. The molecular weight excluding hydrogens is 202 g/mol. The van der Waals surface area contributed by atoms with Crippen LogP contribution >= 0.6 is 0 Å². The molecule has 0 aliphatic carbocycles. The van der Waals surface area contributed by atoms with Gasteiger partial charge in [0.05, 0.1) is 14.2 Å². The van der Waals surface area contributed by atoms with E-state index >= 15 is 0 Å². The molecule has 0 amide bonds. The predicted molar refractivity (Wildman–Crippen MR) is 65.9 cm³/mol. The molecule has 2 N–H and O–H groups in total. The summed E-state index contributed by atoms with van der Waals surface area (Å²) in [7, 11) is 3.28. The maximum Gasteiger partial charge on any atom is 0.165 e. The van der Waals surface area contributed by atoms with Crippen molar-refractivity contribution in [2.75, 3.05) is 14.2 Å². The first-order valence-electron chi connectivity index (χ1n) is 5.56. The summed E-state index contributed by atoms with van der Waals surface area (Å²) >= 11 is 0. The minimum atomic E-state index is -0.00921. The van der Waals surface area contributed by atoms with Gasteiger partial charge in [0.25, 0.3) is 0 Å². The number of benzene rings is 1. The molecule has 1 rings (SSSR count). The van der Waals surface area contributed by atoms with Crippen LogP contribution in [0.1, 0.15) is 31.9 Å². The molecule has 0 unspecified atom stereocenters. The van der Waals surface area contributed by atoms with E-state index in [-0.39, 0.29) is 6.04 Å². The highest BCUT2D eigenvalue weighted by Crippen LogP contribution is 2.35. The second kappa shape index (κ2) is 5.75. The zero-order valence-electron chi connectivity index (χ0n) is 10.5. The smallest absolute Gasteiger partial charge is 0.165 e. The van der Waals surface area contributed by atoms with E-state index in [1.54, 1.807) is 14.2 Å². The molecule has 0 saturated carbocycles. The molecule has 0 radical (unpaired) electrons. The van der Waals surface area contributed by atoms with Gasteiger partial charge in [-0.3, -0.25) is 0 Å². The van der Waals surface area contributed by atoms with Crippen molar-refractivity contribution in [2.45, 2.75) is 26.3 Å². The zero-order valence-corrected chi connectivity index (χ0v) is 10.5. The molecule has 0 saturated heterocycles. The Morgan fingerprint density at radius 3 is 2.38 bits per heavy atom. The molecule has 0 spiro atoms. The fraction of sp³-hybridized carbons (Fsp3) is 0.538. The van der Waals surface area contributed by atoms with Crippen LogP contribution < -0.4 is 15.2 Å². The predicted octanol–water partition coefficient (Wildman–Crippen LogP) is 2.75. The van der Waals surface area contributed by atoms with E-state index in [0.29, 0.717) is 5.92 Å². The van der Waals surface area contributed by atoms with Crippen LogP contribution in [0.15, 0.2) is 18.2 Å². The summed E-state index contributed by atoms with van der Waals surface area (Å²) < 4.78 is 10.6. The molecule has 1 aromatic rings. The van der Waals surface area contributed by atoms with Crippen LogP contribution in [0, 0.1) is 5.92 Å². The first-order chi connectivity index (χ1) is 7.60. The average molecular weight is 223 g/mol. The van der Waals surface area contributed by atoms with Crippen LogP contribution in [0.25, 0.3) is 0 Å². The zero-order chi connectivity index (χ0) is 12.1. The summed E-state index contributed by atoms with van der Waals surface area (Å²) in [6, 6.07) is 5.81. The molecule has 1 aromatic carbocycles. The Labute approximate surface area is 97.6 Å². The Bertz CT molecular complexity index is 337. The van der Waals surface area contributed by atoms with E-state index < -0.39 is 0 Å². The first kappa shape index (κ1) is 12.8. The minimum absolute atomic E-state index is 0.00921. The van der Waals surface area contributed by atoms with Gasteiger partial charge in [-0.05, 0) is 18.4 Å². The van der Waals surface area contributed by atoms with Crippen LogP contribution in [0.5, 0.6) is 11.5 Å². The van der Waals surface area contributed by atoms with Crippen molar-refractivity contribution < 1.29 is 9.47 Å². The minimum Gasteiger partial charge on any atom is -0.493 e. The van der Waals surface area contributed by atoms with Gasteiger partial charge in [0.1, 0.15) is 0 Å². The highest BCUT2D eigenvalue weighted by molar-refractivity contribution is 5.47. The van der Waals surface area contributed by atoms with Crippen LogP contribution in [-0.2, 0) is 0 Å². The lowest BCUT2D eigenvalue weighted by molar-refractivity contribution is 0.347. The summed E-state index contributed by atoms with van der Waals surface area (Å²) in [5.41, 5.74) is 7.17. The Kier molecular flexibility index (Phi) is 4.62. The fourth-order valence-corrected chi connectivity index (χ4v) is 1.84. The number of nitrogens with two attached hydrogens (primary N) is 1. The molecule has 0 bridgehead atoms. The van der Waals surface area contributed by atoms with E-state index in [2.05, 4.69) is 13.8 Å². The van der Waals surface area contributed by atoms with Crippen LogP contribution in [0.3, 0.4) is 0 Å². The van der Waals surface area contributed by atoms with E-state index in [9.17, 15) is 0 Å². The largest absolute Gasteiger partial charge is 0.493 e. The maximum atomic E-state index is 6.16. The summed E-state index contributed by atoms with van der Waals surface area (Å²) in [5, 5.41) is 0. The molecule has 16 heavy (non-hydrogen) atoms. The maximum absolute atomic E-state index is 6.16. The highest BCUT2D eigenvalue weighted by Gasteiger charge is 2.16. The second-order valence-electron chi connectivity index (χ2n) is 4.32. The second-order valence-corrected chi connectivity index (χ2v) is 4.32. The van der Waals surface area contributed by atoms with Gasteiger partial charge in [-0.15, -0.1) is 0 Å². The number of hydrogen-bond donors (Lipinski definition) is 1. The van der Waals surface area contributed by atoms with Gasteiger partial charge in [0.15, 0.2) is 11.5 Å². The lowest BCUT2D eigenvalue weighted by Gasteiger charge is -2.19. The molecule has 3 heteroatoms. The molecular formula is C13H21NO2. The van der Waals surface area contributed by atoms with E-state index in [1.165, 1.54) is 0 Å². The summed E-state index contributed by atoms with van der Waals surface area (Å²) in [5.74, 6) is 2.04. The van der Waals surface area contributed by atoms with Crippen molar-refractivity contribution in [2.24, 2.45) is 11.7 Å². The van der Waals surface area contributed by atoms with Gasteiger partial charge in [-0.2, -0.15) is 0 Å². The van der Waals surface area contributed by atoms with Crippen LogP contribution in [0.2, 0.25) is 0 Å². The lowest BCUT2D eigenvalue weighted by atomic mass is 9.97. The molecule has 0 aromatic heterocycles. The van der Waals surface area contributed by atoms with Gasteiger partial charge >= 0.3 is 0 Å². The Morgan fingerprint density at radius 2 is 1.88 bits per heavy atom. The van der Waals surface area contributed by atoms with Crippen molar-refractivity contribution in [3.8, 4) is 11.5 Å². The van der Waals surface area contributed by atoms with Crippen molar-refractivity contribution in [1.29, 1.82) is 0 Å². The molecule has 90 valence electrons. The van der Waals surface area contributed by atoms with Crippen molar-refractivity contribution >= 4 is 0 Å².